The molecule has 0 aromatic carbocycles. The van der Waals surface area contributed by atoms with Gasteiger partial charge in [-0.15, -0.1) is 0 Å². The molecule has 5 nitrogen and oxygen atoms in total. The number of amides is 1. The maximum Gasteiger partial charge on any atom is 0.239 e. The number of carbonyl (C=O) groups is 1. The van der Waals surface area contributed by atoms with E-state index in [1.807, 2.05) is 6.92 Å². The standard InChI is InChI=1S/C11H24N2O3/c1-9(8-16-4)13(2)11(14)10(12)6-5-7-15-3/h9-10H,5-8,12H2,1-4H3. The fraction of sp³-hybridized carbons (Fsp3) is 0.909. The van der Waals surface area contributed by atoms with Crippen molar-refractivity contribution in [3.63, 3.8) is 0 Å². The van der Waals surface area contributed by atoms with E-state index in [-0.39, 0.29) is 11.9 Å². The lowest BCUT2D eigenvalue weighted by molar-refractivity contribution is -0.134. The Hall–Kier alpha value is -0.650. The maximum absolute atomic E-state index is 11.9. The minimum atomic E-state index is -0.445. The van der Waals surface area contributed by atoms with Crippen LogP contribution in [0.1, 0.15) is 19.8 Å². The van der Waals surface area contributed by atoms with Gasteiger partial charge in [-0.1, -0.05) is 0 Å². The summed E-state index contributed by atoms with van der Waals surface area (Å²) < 4.78 is 9.92. The molecule has 0 aliphatic rings. The summed E-state index contributed by atoms with van der Waals surface area (Å²) in [5.41, 5.74) is 5.81. The molecule has 0 bridgehead atoms. The Balaban J connectivity index is 4.00. The van der Waals surface area contributed by atoms with Gasteiger partial charge in [0.15, 0.2) is 0 Å². The van der Waals surface area contributed by atoms with Gasteiger partial charge in [0.25, 0.3) is 0 Å². The second-order valence-corrected chi connectivity index (χ2v) is 4.00. The molecule has 0 fully saturated rings. The third kappa shape index (κ3) is 5.44. The zero-order valence-electron chi connectivity index (χ0n) is 10.7. The van der Waals surface area contributed by atoms with Crippen LogP contribution in [0.4, 0.5) is 0 Å². The van der Waals surface area contributed by atoms with Gasteiger partial charge in [0.1, 0.15) is 0 Å². The van der Waals surface area contributed by atoms with Crippen LogP contribution < -0.4 is 5.73 Å². The molecular formula is C11H24N2O3. The van der Waals surface area contributed by atoms with Crippen LogP contribution in [0.3, 0.4) is 0 Å². The lowest BCUT2D eigenvalue weighted by Gasteiger charge is -2.27. The van der Waals surface area contributed by atoms with Crippen molar-refractivity contribution in [3.05, 3.63) is 0 Å². The Bertz CT molecular complexity index is 200. The number of hydrogen-bond acceptors (Lipinski definition) is 4. The molecule has 0 heterocycles. The normalized spacial score (nSPS) is 14.6. The molecule has 0 aliphatic heterocycles. The van der Waals surface area contributed by atoms with E-state index < -0.39 is 6.04 Å². The SMILES string of the molecule is COCCCC(N)C(=O)N(C)C(C)COC. The van der Waals surface area contributed by atoms with Crippen LogP contribution in [-0.2, 0) is 14.3 Å². The third-order valence-corrected chi connectivity index (χ3v) is 2.60. The molecule has 2 N–H and O–H groups in total. The summed E-state index contributed by atoms with van der Waals surface area (Å²) in [7, 11) is 5.01. The molecule has 0 radical (unpaired) electrons. The Kier molecular flexibility index (Phi) is 8.15. The highest BCUT2D eigenvalue weighted by Crippen LogP contribution is 2.03. The molecule has 16 heavy (non-hydrogen) atoms. The van der Waals surface area contributed by atoms with Gasteiger partial charge in [-0.25, -0.2) is 0 Å². The molecule has 0 aromatic rings. The van der Waals surface area contributed by atoms with Crippen molar-refractivity contribution in [2.75, 3.05) is 34.5 Å². The molecule has 0 saturated carbocycles. The number of nitrogens with zero attached hydrogens (tertiary/aromatic N) is 1. The van der Waals surface area contributed by atoms with Crippen LogP contribution in [0, 0.1) is 0 Å². The summed E-state index contributed by atoms with van der Waals surface area (Å²) in [5, 5.41) is 0. The highest BCUT2D eigenvalue weighted by molar-refractivity contribution is 5.81. The van der Waals surface area contributed by atoms with E-state index in [1.54, 1.807) is 26.2 Å². The van der Waals surface area contributed by atoms with Crippen LogP contribution >= 0.6 is 0 Å². The molecule has 0 rings (SSSR count). The Morgan fingerprint density at radius 3 is 2.50 bits per heavy atom. The second kappa shape index (κ2) is 8.50. The fourth-order valence-electron chi connectivity index (χ4n) is 1.40. The van der Waals surface area contributed by atoms with Crippen LogP contribution in [0.15, 0.2) is 0 Å². The van der Waals surface area contributed by atoms with Gasteiger partial charge in [-0.2, -0.15) is 0 Å². The van der Waals surface area contributed by atoms with Gasteiger partial charge >= 0.3 is 0 Å². The van der Waals surface area contributed by atoms with E-state index >= 15 is 0 Å². The highest BCUT2D eigenvalue weighted by Gasteiger charge is 2.21. The topological polar surface area (TPSA) is 64.8 Å². The van der Waals surface area contributed by atoms with E-state index in [0.717, 1.165) is 6.42 Å². The van der Waals surface area contributed by atoms with Crippen LogP contribution in [0.5, 0.6) is 0 Å². The van der Waals surface area contributed by atoms with E-state index in [1.165, 1.54) is 0 Å². The van der Waals surface area contributed by atoms with Gasteiger partial charge in [0.2, 0.25) is 5.91 Å². The quantitative estimate of drug-likeness (QED) is 0.609. The predicted molar refractivity (Wildman–Crippen MR) is 63.2 cm³/mol. The Labute approximate surface area is 97.9 Å². The van der Waals surface area contributed by atoms with Gasteiger partial charge in [0, 0.05) is 27.9 Å². The Morgan fingerprint density at radius 1 is 1.38 bits per heavy atom. The zero-order chi connectivity index (χ0) is 12.6. The van der Waals surface area contributed by atoms with Gasteiger partial charge in [-0.05, 0) is 19.8 Å². The maximum atomic E-state index is 11.9. The summed E-state index contributed by atoms with van der Waals surface area (Å²) in [5.74, 6) is -0.0411. The molecule has 96 valence electrons. The highest BCUT2D eigenvalue weighted by atomic mass is 16.5. The molecule has 0 aromatic heterocycles. The van der Waals surface area contributed by atoms with Crippen LogP contribution in [0.25, 0.3) is 0 Å². The largest absolute Gasteiger partial charge is 0.385 e. The van der Waals surface area contributed by atoms with Crippen molar-refractivity contribution < 1.29 is 14.3 Å². The number of hydrogen-bond donors (Lipinski definition) is 1. The number of methoxy groups -OCH3 is 2. The predicted octanol–water partition coefficient (Wildman–Crippen LogP) is 0.234. The molecule has 0 spiro atoms. The van der Waals surface area contributed by atoms with E-state index in [9.17, 15) is 4.79 Å². The van der Waals surface area contributed by atoms with Crippen molar-refractivity contribution in [3.8, 4) is 0 Å². The number of rotatable bonds is 8. The smallest absolute Gasteiger partial charge is 0.239 e. The van der Waals surface area contributed by atoms with Crippen molar-refractivity contribution in [1.29, 1.82) is 0 Å². The monoisotopic (exact) mass is 232 g/mol. The summed E-state index contributed by atoms with van der Waals surface area (Å²) in [4.78, 5) is 13.5. The third-order valence-electron chi connectivity index (χ3n) is 2.60. The van der Waals surface area contributed by atoms with E-state index in [4.69, 9.17) is 15.2 Å². The average molecular weight is 232 g/mol. The number of carbonyl (C=O) groups excluding carboxylic acids is 1. The molecule has 2 unspecified atom stereocenters. The Morgan fingerprint density at radius 2 is 2.00 bits per heavy atom. The van der Waals surface area contributed by atoms with E-state index in [0.29, 0.717) is 19.6 Å². The molecule has 0 saturated heterocycles. The van der Waals surface area contributed by atoms with Crippen molar-refractivity contribution in [1.82, 2.24) is 4.90 Å². The van der Waals surface area contributed by atoms with Crippen LogP contribution in [0.2, 0.25) is 0 Å². The lowest BCUT2D eigenvalue weighted by Crippen LogP contribution is -2.47. The summed E-state index contributed by atoms with van der Waals surface area (Å²) in [6.07, 6.45) is 1.45. The summed E-state index contributed by atoms with van der Waals surface area (Å²) in [6.45, 7) is 3.09. The summed E-state index contributed by atoms with van der Waals surface area (Å²) in [6, 6.07) is -0.398. The first-order valence-electron chi connectivity index (χ1n) is 5.54. The molecule has 2 atom stereocenters. The summed E-state index contributed by atoms with van der Waals surface area (Å²) >= 11 is 0. The number of nitrogens with two attached hydrogens (primary N) is 1. The van der Waals surface area contributed by atoms with Gasteiger partial charge < -0.3 is 20.1 Å². The van der Waals surface area contributed by atoms with E-state index in [2.05, 4.69) is 0 Å². The molecule has 0 aliphatic carbocycles. The minimum Gasteiger partial charge on any atom is -0.385 e. The first-order valence-corrected chi connectivity index (χ1v) is 5.54. The van der Waals surface area contributed by atoms with Crippen molar-refractivity contribution in [2.24, 2.45) is 5.73 Å². The van der Waals surface area contributed by atoms with Crippen molar-refractivity contribution in [2.45, 2.75) is 31.8 Å². The van der Waals surface area contributed by atoms with Crippen molar-refractivity contribution >= 4 is 5.91 Å². The average Bonchev–Trinajstić information content (AvgIpc) is 2.27. The first-order chi connectivity index (χ1) is 7.54. The molecular weight excluding hydrogens is 208 g/mol. The van der Waals surface area contributed by atoms with Gasteiger partial charge in [0.05, 0.1) is 18.7 Å². The first kappa shape index (κ1) is 15.3. The zero-order valence-corrected chi connectivity index (χ0v) is 10.7. The van der Waals surface area contributed by atoms with Crippen LogP contribution in [-0.4, -0.2) is 57.4 Å². The lowest BCUT2D eigenvalue weighted by atomic mass is 10.1. The molecule has 5 heteroatoms. The number of ether oxygens (including phenoxy) is 2. The number of likely N-dealkylation sites (N-methyl/N-ethyl adjacent to an activating group) is 1. The fourth-order valence-corrected chi connectivity index (χ4v) is 1.40. The van der Waals surface area contributed by atoms with Gasteiger partial charge in [-0.3, -0.25) is 4.79 Å². The second-order valence-electron chi connectivity index (χ2n) is 4.00. The molecule has 1 amide bonds. The minimum absolute atomic E-state index is 0.0411.